The summed E-state index contributed by atoms with van der Waals surface area (Å²) in [4.78, 5) is 24.2. The minimum absolute atomic E-state index is 0.0194. The number of ether oxygens (including phenoxy) is 2. The molecule has 0 saturated heterocycles. The first-order valence-electron chi connectivity index (χ1n) is 7.83. The van der Waals surface area contributed by atoms with Crippen LogP contribution in [0.5, 0.6) is 11.5 Å². The highest BCUT2D eigenvalue weighted by Crippen LogP contribution is 2.31. The fourth-order valence-corrected chi connectivity index (χ4v) is 2.45. The molecule has 2 rings (SSSR count). The van der Waals surface area contributed by atoms with Gasteiger partial charge in [-0.15, -0.1) is 0 Å². The number of methoxy groups -OCH3 is 2. The largest absolute Gasteiger partial charge is 0.493 e. The zero-order valence-corrected chi connectivity index (χ0v) is 14.8. The van der Waals surface area contributed by atoms with Gasteiger partial charge in [-0.25, -0.2) is 0 Å². The summed E-state index contributed by atoms with van der Waals surface area (Å²) in [5.74, 6) is 0.941. The summed E-state index contributed by atoms with van der Waals surface area (Å²) in [6.07, 6.45) is 2.93. The van der Waals surface area contributed by atoms with Gasteiger partial charge >= 0.3 is 0 Å². The molecule has 0 fully saturated rings. The number of nitro benzene ring substituents is 1. The molecule has 0 radical (unpaired) electrons. The lowest BCUT2D eigenvalue weighted by Gasteiger charge is -2.18. The van der Waals surface area contributed by atoms with Crippen LogP contribution in [0.3, 0.4) is 0 Å². The number of nitro groups is 1. The zero-order chi connectivity index (χ0) is 19.1. The molecule has 0 aliphatic carbocycles. The number of amides is 1. The van der Waals surface area contributed by atoms with Crippen molar-refractivity contribution < 1.29 is 19.2 Å². The van der Waals surface area contributed by atoms with Crippen molar-refractivity contribution in [3.05, 3.63) is 69.8 Å². The fourth-order valence-electron chi connectivity index (χ4n) is 2.45. The molecule has 0 saturated carbocycles. The van der Waals surface area contributed by atoms with Crippen molar-refractivity contribution in [2.24, 2.45) is 0 Å². The van der Waals surface area contributed by atoms with E-state index in [2.05, 4.69) is 0 Å². The smallest absolute Gasteiger partial charge is 0.270 e. The molecule has 0 heterocycles. The Bertz CT molecular complexity index is 832. The molecule has 1 amide bonds. The second-order valence-corrected chi connectivity index (χ2v) is 5.53. The quantitative estimate of drug-likeness (QED) is 0.432. The highest BCUT2D eigenvalue weighted by Gasteiger charge is 2.13. The van der Waals surface area contributed by atoms with Gasteiger partial charge in [-0.2, -0.15) is 0 Å². The number of hydrogen-bond donors (Lipinski definition) is 0. The van der Waals surface area contributed by atoms with E-state index in [-0.39, 0.29) is 11.6 Å². The van der Waals surface area contributed by atoms with Gasteiger partial charge in [-0.1, -0.05) is 24.3 Å². The molecule has 136 valence electrons. The number of para-hydroxylation sites is 1. The standard InChI is InChI=1S/C19H20N2O5/c1-20(13-15-7-5-9-17(25-2)19(15)26-3)18(22)11-10-14-6-4-8-16(12-14)21(23)24/h4-12H,13H2,1-3H3/b11-10+. The van der Waals surface area contributed by atoms with Crippen LogP contribution >= 0.6 is 0 Å². The average molecular weight is 356 g/mol. The van der Waals surface area contributed by atoms with Gasteiger partial charge in [-0.05, 0) is 17.7 Å². The van der Waals surface area contributed by atoms with E-state index in [1.54, 1.807) is 45.5 Å². The number of non-ortho nitro benzene ring substituents is 1. The molecular formula is C19H20N2O5. The van der Waals surface area contributed by atoms with Gasteiger partial charge in [0, 0.05) is 37.4 Å². The van der Waals surface area contributed by atoms with Gasteiger partial charge in [0.25, 0.3) is 5.69 Å². The van der Waals surface area contributed by atoms with Crippen molar-refractivity contribution in [1.29, 1.82) is 0 Å². The molecule has 0 atom stereocenters. The molecule has 7 nitrogen and oxygen atoms in total. The zero-order valence-electron chi connectivity index (χ0n) is 14.8. The number of rotatable bonds is 7. The van der Waals surface area contributed by atoms with Crippen LogP contribution in [0.15, 0.2) is 48.5 Å². The third-order valence-corrected chi connectivity index (χ3v) is 3.77. The van der Waals surface area contributed by atoms with Crippen LogP contribution < -0.4 is 9.47 Å². The maximum atomic E-state index is 12.3. The minimum Gasteiger partial charge on any atom is -0.493 e. The summed E-state index contributed by atoms with van der Waals surface area (Å²) in [5.41, 5.74) is 1.38. The van der Waals surface area contributed by atoms with E-state index < -0.39 is 4.92 Å². The Kier molecular flexibility index (Phi) is 6.32. The van der Waals surface area contributed by atoms with Crippen molar-refractivity contribution in [2.75, 3.05) is 21.3 Å². The van der Waals surface area contributed by atoms with Crippen molar-refractivity contribution in [3.63, 3.8) is 0 Å². The maximum absolute atomic E-state index is 12.3. The molecule has 0 aliphatic heterocycles. The number of likely N-dealkylation sites (N-methyl/N-ethyl adjacent to an activating group) is 1. The van der Waals surface area contributed by atoms with E-state index in [9.17, 15) is 14.9 Å². The highest BCUT2D eigenvalue weighted by atomic mass is 16.6. The summed E-state index contributed by atoms with van der Waals surface area (Å²) in [7, 11) is 4.77. The second kappa shape index (κ2) is 8.66. The SMILES string of the molecule is COc1cccc(CN(C)C(=O)/C=C/c2cccc([N+](=O)[O-])c2)c1OC. The second-order valence-electron chi connectivity index (χ2n) is 5.53. The molecule has 26 heavy (non-hydrogen) atoms. The summed E-state index contributed by atoms with van der Waals surface area (Å²) in [6, 6.07) is 11.6. The Hall–Kier alpha value is -3.35. The third kappa shape index (κ3) is 4.60. The van der Waals surface area contributed by atoms with E-state index in [0.29, 0.717) is 23.6 Å². The van der Waals surface area contributed by atoms with E-state index in [4.69, 9.17) is 9.47 Å². The van der Waals surface area contributed by atoms with Crippen molar-refractivity contribution in [2.45, 2.75) is 6.54 Å². The van der Waals surface area contributed by atoms with Crippen LogP contribution in [0.4, 0.5) is 5.69 Å². The Labute approximate surface area is 151 Å². The van der Waals surface area contributed by atoms with Crippen LogP contribution in [0.25, 0.3) is 6.08 Å². The fraction of sp³-hybridized carbons (Fsp3) is 0.211. The lowest BCUT2D eigenvalue weighted by Crippen LogP contribution is -2.24. The van der Waals surface area contributed by atoms with E-state index >= 15 is 0 Å². The summed E-state index contributed by atoms with van der Waals surface area (Å²) in [5, 5.41) is 10.8. The number of carbonyl (C=O) groups is 1. The lowest BCUT2D eigenvalue weighted by atomic mass is 10.1. The molecule has 0 unspecified atom stereocenters. The van der Waals surface area contributed by atoms with Crippen LogP contribution in [-0.2, 0) is 11.3 Å². The molecule has 0 aromatic heterocycles. The third-order valence-electron chi connectivity index (χ3n) is 3.77. The van der Waals surface area contributed by atoms with Crippen molar-refractivity contribution in [1.82, 2.24) is 4.90 Å². The Balaban J connectivity index is 2.11. The van der Waals surface area contributed by atoms with E-state index in [1.807, 2.05) is 12.1 Å². The molecule has 0 aliphatic rings. The summed E-state index contributed by atoms with van der Waals surface area (Å²) in [6.45, 7) is 0.332. The highest BCUT2D eigenvalue weighted by molar-refractivity contribution is 5.91. The maximum Gasteiger partial charge on any atom is 0.270 e. The Morgan fingerprint density at radius 1 is 1.19 bits per heavy atom. The number of hydrogen-bond acceptors (Lipinski definition) is 5. The van der Waals surface area contributed by atoms with Crippen LogP contribution in [-0.4, -0.2) is 37.0 Å². The molecule has 2 aromatic rings. The number of carbonyl (C=O) groups excluding carboxylic acids is 1. The summed E-state index contributed by atoms with van der Waals surface area (Å²) < 4.78 is 10.6. The first-order chi connectivity index (χ1) is 12.5. The Morgan fingerprint density at radius 2 is 1.92 bits per heavy atom. The molecule has 0 spiro atoms. The first kappa shape index (κ1) is 19.0. The van der Waals surface area contributed by atoms with Crippen LogP contribution in [0.2, 0.25) is 0 Å². The topological polar surface area (TPSA) is 81.9 Å². The van der Waals surface area contributed by atoms with Crippen molar-refractivity contribution >= 4 is 17.7 Å². The molecule has 0 bridgehead atoms. The molecular weight excluding hydrogens is 336 g/mol. The van der Waals surface area contributed by atoms with E-state index in [1.165, 1.54) is 23.1 Å². The van der Waals surface area contributed by atoms with Gasteiger partial charge in [0.15, 0.2) is 11.5 Å². The van der Waals surface area contributed by atoms with E-state index in [0.717, 1.165) is 5.56 Å². The molecule has 7 heteroatoms. The molecule has 2 aromatic carbocycles. The Morgan fingerprint density at radius 3 is 2.58 bits per heavy atom. The van der Waals surface area contributed by atoms with Crippen molar-refractivity contribution in [3.8, 4) is 11.5 Å². The minimum atomic E-state index is -0.472. The monoisotopic (exact) mass is 356 g/mol. The predicted octanol–water partition coefficient (Wildman–Crippen LogP) is 3.28. The number of nitrogens with zero attached hydrogens (tertiary/aromatic N) is 2. The van der Waals surface area contributed by atoms with Crippen LogP contribution in [0, 0.1) is 10.1 Å². The van der Waals surface area contributed by atoms with Crippen LogP contribution in [0.1, 0.15) is 11.1 Å². The normalized spacial score (nSPS) is 10.6. The summed E-state index contributed by atoms with van der Waals surface area (Å²) >= 11 is 0. The molecule has 0 N–H and O–H groups in total. The number of benzene rings is 2. The lowest BCUT2D eigenvalue weighted by molar-refractivity contribution is -0.384. The van der Waals surface area contributed by atoms with Gasteiger partial charge in [-0.3, -0.25) is 14.9 Å². The van der Waals surface area contributed by atoms with Gasteiger partial charge in [0.1, 0.15) is 0 Å². The van der Waals surface area contributed by atoms with Gasteiger partial charge in [0.2, 0.25) is 5.91 Å². The van der Waals surface area contributed by atoms with Gasteiger partial charge in [0.05, 0.1) is 19.1 Å². The first-order valence-corrected chi connectivity index (χ1v) is 7.83. The average Bonchev–Trinajstić information content (AvgIpc) is 2.65. The van der Waals surface area contributed by atoms with Gasteiger partial charge < -0.3 is 14.4 Å². The predicted molar refractivity (Wildman–Crippen MR) is 98.2 cm³/mol.